The van der Waals surface area contributed by atoms with Gasteiger partial charge in [-0.1, -0.05) is 35.0 Å². The van der Waals surface area contributed by atoms with Gasteiger partial charge in [0.2, 0.25) is 0 Å². The van der Waals surface area contributed by atoms with E-state index in [1.54, 1.807) is 0 Å². The first kappa shape index (κ1) is 13.1. The normalized spacial score (nSPS) is 17.1. The predicted octanol–water partition coefficient (Wildman–Crippen LogP) is 4.16. The summed E-state index contributed by atoms with van der Waals surface area (Å²) in [5.41, 5.74) is 1.45. The number of nitrogens with one attached hydrogen (secondary N) is 1. The molecule has 1 fully saturated rings. The van der Waals surface area contributed by atoms with Crippen molar-refractivity contribution in [3.8, 4) is 0 Å². The molecule has 0 spiro atoms. The molecule has 0 radical (unpaired) electrons. The van der Waals surface area contributed by atoms with E-state index in [4.69, 9.17) is 0 Å². The molecule has 2 rings (SSSR count). The summed E-state index contributed by atoms with van der Waals surface area (Å²) in [4.78, 5) is 0. The average molecular weight is 296 g/mol. The van der Waals surface area contributed by atoms with Gasteiger partial charge in [-0.05, 0) is 62.3 Å². The lowest BCUT2D eigenvalue weighted by Gasteiger charge is -2.17. The maximum atomic E-state index is 3.70. The van der Waals surface area contributed by atoms with Crippen molar-refractivity contribution in [1.82, 2.24) is 5.32 Å². The molecule has 1 aromatic carbocycles. The van der Waals surface area contributed by atoms with Gasteiger partial charge < -0.3 is 5.32 Å². The lowest BCUT2D eigenvalue weighted by atomic mass is 10.0. The second-order valence-electron chi connectivity index (χ2n) is 5.07. The van der Waals surface area contributed by atoms with E-state index in [0.29, 0.717) is 0 Å². The van der Waals surface area contributed by atoms with Crippen LogP contribution in [0.1, 0.15) is 38.2 Å². The predicted molar refractivity (Wildman–Crippen MR) is 77.3 cm³/mol. The minimum atomic E-state index is 0.744. The van der Waals surface area contributed by atoms with Crippen LogP contribution in [-0.4, -0.2) is 12.6 Å². The highest BCUT2D eigenvalue weighted by atomic mass is 79.9. The van der Waals surface area contributed by atoms with Crippen molar-refractivity contribution in [2.24, 2.45) is 5.92 Å². The molecule has 17 heavy (non-hydrogen) atoms. The molecule has 1 saturated carbocycles. The van der Waals surface area contributed by atoms with E-state index in [2.05, 4.69) is 52.4 Å². The van der Waals surface area contributed by atoms with E-state index in [-0.39, 0.29) is 0 Å². The van der Waals surface area contributed by atoms with E-state index in [9.17, 15) is 0 Å². The quantitative estimate of drug-likeness (QED) is 0.796. The first-order valence-electron chi connectivity index (χ1n) is 6.77. The zero-order valence-corrected chi connectivity index (χ0v) is 12.2. The molecule has 1 aromatic rings. The van der Waals surface area contributed by atoms with Crippen molar-refractivity contribution >= 4 is 15.9 Å². The topological polar surface area (TPSA) is 12.0 Å². The van der Waals surface area contributed by atoms with Crippen LogP contribution in [0.5, 0.6) is 0 Å². The van der Waals surface area contributed by atoms with Gasteiger partial charge in [0, 0.05) is 10.5 Å². The van der Waals surface area contributed by atoms with Crippen LogP contribution in [0.15, 0.2) is 28.7 Å². The van der Waals surface area contributed by atoms with Gasteiger partial charge >= 0.3 is 0 Å². The van der Waals surface area contributed by atoms with Gasteiger partial charge in [-0.2, -0.15) is 0 Å². The Hall–Kier alpha value is -0.340. The van der Waals surface area contributed by atoms with Crippen LogP contribution in [-0.2, 0) is 6.42 Å². The first-order chi connectivity index (χ1) is 8.29. The van der Waals surface area contributed by atoms with Crippen LogP contribution in [0.2, 0.25) is 0 Å². The molecular weight excluding hydrogens is 274 g/mol. The van der Waals surface area contributed by atoms with E-state index in [0.717, 1.165) is 12.0 Å². The standard InChI is InChI=1S/C15H22BrN/c1-2-10-17-15(13-7-8-13)9-6-12-4-3-5-14(16)11-12/h3-5,11,13,15,17H,2,6-10H2,1H3. The molecule has 1 atom stereocenters. The van der Waals surface area contributed by atoms with Crippen LogP contribution < -0.4 is 5.32 Å². The molecule has 0 aromatic heterocycles. The van der Waals surface area contributed by atoms with Crippen molar-refractivity contribution in [2.45, 2.75) is 45.1 Å². The van der Waals surface area contributed by atoms with Crippen LogP contribution in [0.25, 0.3) is 0 Å². The summed E-state index contributed by atoms with van der Waals surface area (Å²) in [6, 6.07) is 9.44. The molecular formula is C15H22BrN. The maximum Gasteiger partial charge on any atom is 0.0177 e. The van der Waals surface area contributed by atoms with E-state index in [1.807, 2.05) is 0 Å². The molecule has 1 unspecified atom stereocenters. The van der Waals surface area contributed by atoms with Crippen molar-refractivity contribution in [1.29, 1.82) is 0 Å². The maximum absolute atomic E-state index is 3.70. The molecule has 1 aliphatic carbocycles. The number of halogens is 1. The van der Waals surface area contributed by atoms with Crippen LogP contribution >= 0.6 is 15.9 Å². The lowest BCUT2D eigenvalue weighted by molar-refractivity contribution is 0.436. The fourth-order valence-electron chi connectivity index (χ4n) is 2.35. The number of benzene rings is 1. The fraction of sp³-hybridized carbons (Fsp3) is 0.600. The summed E-state index contributed by atoms with van der Waals surface area (Å²) in [5, 5.41) is 3.70. The van der Waals surface area contributed by atoms with Crippen molar-refractivity contribution in [3.05, 3.63) is 34.3 Å². The van der Waals surface area contributed by atoms with Gasteiger partial charge in [-0.25, -0.2) is 0 Å². The first-order valence-corrected chi connectivity index (χ1v) is 7.56. The van der Waals surface area contributed by atoms with Crippen LogP contribution in [0, 0.1) is 5.92 Å². The second kappa shape index (κ2) is 6.55. The van der Waals surface area contributed by atoms with Gasteiger partial charge in [-0.15, -0.1) is 0 Å². The van der Waals surface area contributed by atoms with Crippen molar-refractivity contribution in [2.75, 3.05) is 6.54 Å². The zero-order valence-electron chi connectivity index (χ0n) is 10.6. The Morgan fingerprint density at radius 2 is 2.24 bits per heavy atom. The Labute approximate surface area is 113 Å². The fourth-order valence-corrected chi connectivity index (χ4v) is 2.79. The Morgan fingerprint density at radius 3 is 2.88 bits per heavy atom. The molecule has 0 amide bonds. The summed E-state index contributed by atoms with van der Waals surface area (Å²) >= 11 is 3.54. The number of hydrogen-bond acceptors (Lipinski definition) is 1. The molecule has 1 nitrogen and oxygen atoms in total. The molecule has 0 aliphatic heterocycles. The third-order valence-corrected chi connectivity index (χ3v) is 3.97. The molecule has 1 N–H and O–H groups in total. The second-order valence-corrected chi connectivity index (χ2v) is 5.98. The van der Waals surface area contributed by atoms with Crippen molar-refractivity contribution in [3.63, 3.8) is 0 Å². The highest BCUT2D eigenvalue weighted by Gasteiger charge is 2.30. The molecule has 0 heterocycles. The minimum Gasteiger partial charge on any atom is -0.314 e. The number of aryl methyl sites for hydroxylation is 1. The number of hydrogen-bond donors (Lipinski definition) is 1. The summed E-state index contributed by atoms with van der Waals surface area (Å²) < 4.78 is 1.19. The number of rotatable bonds is 7. The Bertz CT molecular complexity index is 347. The van der Waals surface area contributed by atoms with Gasteiger partial charge in [0.15, 0.2) is 0 Å². The van der Waals surface area contributed by atoms with E-state index < -0.39 is 0 Å². The smallest absolute Gasteiger partial charge is 0.0177 e. The summed E-state index contributed by atoms with van der Waals surface area (Å²) in [7, 11) is 0. The minimum absolute atomic E-state index is 0.744. The summed E-state index contributed by atoms with van der Waals surface area (Å²) in [5.74, 6) is 0.953. The van der Waals surface area contributed by atoms with Gasteiger partial charge in [0.1, 0.15) is 0 Å². The highest BCUT2D eigenvalue weighted by Crippen LogP contribution is 2.34. The Kier molecular flexibility index (Phi) is 5.05. The summed E-state index contributed by atoms with van der Waals surface area (Å²) in [6.45, 7) is 3.41. The van der Waals surface area contributed by atoms with Gasteiger partial charge in [0.25, 0.3) is 0 Å². The molecule has 0 bridgehead atoms. The molecule has 0 saturated heterocycles. The lowest BCUT2D eigenvalue weighted by Crippen LogP contribution is -2.32. The average Bonchev–Trinajstić information content (AvgIpc) is 3.13. The molecule has 94 valence electrons. The third kappa shape index (κ3) is 4.44. The molecule has 2 heteroatoms. The highest BCUT2D eigenvalue weighted by molar-refractivity contribution is 9.10. The Balaban J connectivity index is 1.82. The Morgan fingerprint density at radius 1 is 1.41 bits per heavy atom. The van der Waals surface area contributed by atoms with Crippen molar-refractivity contribution < 1.29 is 0 Å². The van der Waals surface area contributed by atoms with Crippen LogP contribution in [0.4, 0.5) is 0 Å². The summed E-state index contributed by atoms with van der Waals surface area (Å²) in [6.07, 6.45) is 6.57. The third-order valence-electron chi connectivity index (χ3n) is 3.48. The van der Waals surface area contributed by atoms with Gasteiger partial charge in [0.05, 0.1) is 0 Å². The van der Waals surface area contributed by atoms with Crippen LogP contribution in [0.3, 0.4) is 0 Å². The SMILES string of the molecule is CCCNC(CCc1cccc(Br)c1)C1CC1. The largest absolute Gasteiger partial charge is 0.314 e. The van der Waals surface area contributed by atoms with Gasteiger partial charge in [-0.3, -0.25) is 0 Å². The van der Waals surface area contributed by atoms with E-state index >= 15 is 0 Å². The molecule has 1 aliphatic rings. The zero-order chi connectivity index (χ0) is 12.1. The monoisotopic (exact) mass is 295 g/mol. The van der Waals surface area contributed by atoms with E-state index in [1.165, 1.54) is 48.7 Å².